The number of halogens is 1. The number of carbonyl (C=O) groups is 1. The van der Waals surface area contributed by atoms with Crippen LogP contribution in [0.1, 0.15) is 37.0 Å². The molecule has 0 fully saturated rings. The highest BCUT2D eigenvalue weighted by molar-refractivity contribution is 6.29. The first-order valence-electron chi connectivity index (χ1n) is 10.4. The molecule has 0 amide bonds. The second-order valence-electron chi connectivity index (χ2n) is 8.50. The lowest BCUT2D eigenvalue weighted by Crippen LogP contribution is -2.24. The van der Waals surface area contributed by atoms with Crippen molar-refractivity contribution in [3.05, 3.63) is 77.5 Å². The first-order valence-corrected chi connectivity index (χ1v) is 10.8. The molecule has 0 atom stereocenters. The van der Waals surface area contributed by atoms with Gasteiger partial charge in [0.05, 0.1) is 17.6 Å². The molecule has 3 heterocycles. The monoisotopic (exact) mass is 461 g/mol. The van der Waals surface area contributed by atoms with Crippen LogP contribution in [0.25, 0.3) is 22.4 Å². The first kappa shape index (κ1) is 22.5. The second-order valence-corrected chi connectivity index (χ2v) is 8.89. The summed E-state index contributed by atoms with van der Waals surface area (Å²) < 4.78 is 5.67. The highest BCUT2D eigenvalue weighted by Gasteiger charge is 2.27. The number of esters is 1. The van der Waals surface area contributed by atoms with Crippen LogP contribution in [0, 0.1) is 6.92 Å². The number of nitrogens with zero attached hydrogens (tertiary/aromatic N) is 3. The third-order valence-corrected chi connectivity index (χ3v) is 4.97. The molecule has 0 bridgehead atoms. The molecule has 0 unspecified atom stereocenters. The van der Waals surface area contributed by atoms with E-state index in [1.165, 1.54) is 0 Å². The van der Waals surface area contributed by atoms with E-state index in [0.717, 1.165) is 22.4 Å². The molecular formula is C25H24ClN5O2. The zero-order chi connectivity index (χ0) is 23.6. The molecule has 0 radical (unpaired) electrons. The van der Waals surface area contributed by atoms with Gasteiger partial charge in [-0.3, -0.25) is 0 Å². The Labute approximate surface area is 197 Å². The van der Waals surface area contributed by atoms with Crippen molar-refractivity contribution in [1.29, 1.82) is 0 Å². The summed E-state index contributed by atoms with van der Waals surface area (Å²) in [4.78, 5) is 29.4. The molecule has 0 saturated carbocycles. The van der Waals surface area contributed by atoms with Gasteiger partial charge in [-0.15, -0.1) is 0 Å². The third-order valence-electron chi connectivity index (χ3n) is 4.75. The van der Waals surface area contributed by atoms with E-state index < -0.39 is 11.6 Å². The summed E-state index contributed by atoms with van der Waals surface area (Å²) in [5, 5.41) is 3.54. The molecule has 0 aliphatic rings. The van der Waals surface area contributed by atoms with E-state index in [-0.39, 0.29) is 0 Å². The van der Waals surface area contributed by atoms with Gasteiger partial charge >= 0.3 is 5.97 Å². The van der Waals surface area contributed by atoms with Crippen molar-refractivity contribution in [2.75, 3.05) is 5.32 Å². The maximum absolute atomic E-state index is 13.1. The van der Waals surface area contributed by atoms with Crippen molar-refractivity contribution < 1.29 is 9.53 Å². The largest absolute Gasteiger partial charge is 0.455 e. The Hall–Kier alpha value is -3.71. The zero-order valence-corrected chi connectivity index (χ0v) is 19.6. The molecule has 4 aromatic rings. The van der Waals surface area contributed by atoms with E-state index in [1.807, 2.05) is 64.1 Å². The summed E-state index contributed by atoms with van der Waals surface area (Å²) >= 11 is 5.87. The molecule has 4 rings (SSSR count). The molecule has 0 aliphatic heterocycles. The van der Waals surface area contributed by atoms with Gasteiger partial charge in [0.1, 0.15) is 16.4 Å². The van der Waals surface area contributed by atoms with Gasteiger partial charge in [0.25, 0.3) is 0 Å². The highest BCUT2D eigenvalue weighted by atomic mass is 35.5. The number of nitrogens with one attached hydrogen (secondary N) is 2. The Morgan fingerprint density at radius 1 is 1.03 bits per heavy atom. The SMILES string of the molecule is Cc1[nH]c(C(=O)OC(C)(C)C)c(-c2ccccc2)c1-c1ccnc(Nc2ccc(Cl)nc2)n1. The molecule has 2 N–H and O–H groups in total. The molecule has 0 aliphatic carbocycles. The predicted molar refractivity (Wildman–Crippen MR) is 130 cm³/mol. The van der Waals surface area contributed by atoms with Gasteiger partial charge in [-0.1, -0.05) is 41.9 Å². The standard InChI is InChI=1S/C25H24ClN5O2/c1-15-20(18-12-13-27-24(31-18)30-17-10-11-19(26)28-14-17)21(16-8-6-5-7-9-16)22(29-15)23(32)33-25(2,3)4/h5-14,29H,1-4H3,(H,27,30,31). The molecule has 168 valence electrons. The van der Waals surface area contributed by atoms with Gasteiger partial charge in [-0.05, 0) is 51.5 Å². The van der Waals surface area contributed by atoms with Crippen LogP contribution in [0.4, 0.5) is 11.6 Å². The van der Waals surface area contributed by atoms with Gasteiger partial charge in [-0.2, -0.15) is 0 Å². The molecule has 0 saturated heterocycles. The lowest BCUT2D eigenvalue weighted by atomic mass is 9.98. The van der Waals surface area contributed by atoms with Crippen LogP contribution in [0.15, 0.2) is 60.9 Å². The molecule has 0 spiro atoms. The van der Waals surface area contributed by atoms with Crippen molar-refractivity contribution in [1.82, 2.24) is 19.9 Å². The Balaban J connectivity index is 1.81. The van der Waals surface area contributed by atoms with Crippen molar-refractivity contribution in [2.24, 2.45) is 0 Å². The Kier molecular flexibility index (Phi) is 6.16. The number of ether oxygens (including phenoxy) is 1. The topological polar surface area (TPSA) is 92.8 Å². The normalized spacial score (nSPS) is 11.3. The lowest BCUT2D eigenvalue weighted by Gasteiger charge is -2.19. The molecule has 33 heavy (non-hydrogen) atoms. The average Bonchev–Trinajstić information content (AvgIpc) is 3.12. The van der Waals surface area contributed by atoms with Crippen molar-refractivity contribution in [3.63, 3.8) is 0 Å². The van der Waals surface area contributed by atoms with Gasteiger partial charge in [0, 0.05) is 23.0 Å². The van der Waals surface area contributed by atoms with Gasteiger partial charge in [0.15, 0.2) is 0 Å². The average molecular weight is 462 g/mol. The smallest absolute Gasteiger partial charge is 0.355 e. The van der Waals surface area contributed by atoms with E-state index in [0.29, 0.717) is 28.2 Å². The van der Waals surface area contributed by atoms with Gasteiger partial charge < -0.3 is 15.0 Å². The Morgan fingerprint density at radius 3 is 2.45 bits per heavy atom. The van der Waals surface area contributed by atoms with Crippen molar-refractivity contribution in [2.45, 2.75) is 33.3 Å². The third kappa shape index (κ3) is 5.21. The van der Waals surface area contributed by atoms with E-state index in [4.69, 9.17) is 21.3 Å². The van der Waals surface area contributed by atoms with Gasteiger partial charge in [0.2, 0.25) is 5.95 Å². The second kappa shape index (κ2) is 9.03. The molecule has 3 aromatic heterocycles. The fraction of sp³-hybridized carbons (Fsp3) is 0.200. The van der Waals surface area contributed by atoms with Crippen LogP contribution >= 0.6 is 11.6 Å². The molecule has 8 heteroatoms. The minimum atomic E-state index is -0.622. The Morgan fingerprint density at radius 2 is 1.79 bits per heavy atom. The minimum absolute atomic E-state index is 0.388. The summed E-state index contributed by atoms with van der Waals surface area (Å²) in [7, 11) is 0. The quantitative estimate of drug-likeness (QED) is 0.271. The molecular weight excluding hydrogens is 438 g/mol. The maximum atomic E-state index is 13.1. The number of aryl methyl sites for hydroxylation is 1. The number of anilines is 2. The number of aromatic nitrogens is 4. The number of carbonyl (C=O) groups excluding carboxylic acids is 1. The number of rotatable bonds is 5. The van der Waals surface area contributed by atoms with Crippen LogP contribution < -0.4 is 5.32 Å². The summed E-state index contributed by atoms with van der Waals surface area (Å²) in [5.41, 5.74) is 4.36. The Bertz CT molecular complexity index is 1280. The van der Waals surface area contributed by atoms with Crippen LogP contribution in [-0.4, -0.2) is 31.5 Å². The number of H-pyrrole nitrogens is 1. The number of aromatic amines is 1. The number of hydrogen-bond acceptors (Lipinski definition) is 6. The van der Waals surface area contributed by atoms with Gasteiger partial charge in [-0.25, -0.2) is 19.7 Å². The first-order chi connectivity index (χ1) is 15.7. The van der Waals surface area contributed by atoms with E-state index >= 15 is 0 Å². The van der Waals surface area contributed by atoms with Crippen LogP contribution in [0.3, 0.4) is 0 Å². The summed E-state index contributed by atoms with van der Waals surface area (Å²) in [6, 6.07) is 15.0. The predicted octanol–water partition coefficient (Wildman–Crippen LogP) is 6.19. The summed E-state index contributed by atoms with van der Waals surface area (Å²) in [6.07, 6.45) is 3.28. The van der Waals surface area contributed by atoms with Crippen molar-refractivity contribution in [3.8, 4) is 22.4 Å². The van der Waals surface area contributed by atoms with E-state index in [2.05, 4.69) is 20.3 Å². The molecule has 1 aromatic carbocycles. The lowest BCUT2D eigenvalue weighted by molar-refractivity contribution is 0.00643. The molecule has 7 nitrogen and oxygen atoms in total. The summed E-state index contributed by atoms with van der Waals surface area (Å²) in [5.74, 6) is -0.0228. The van der Waals surface area contributed by atoms with Crippen LogP contribution in [0.2, 0.25) is 5.15 Å². The maximum Gasteiger partial charge on any atom is 0.355 e. The summed E-state index contributed by atoms with van der Waals surface area (Å²) in [6.45, 7) is 7.45. The van der Waals surface area contributed by atoms with E-state index in [1.54, 1.807) is 24.5 Å². The van der Waals surface area contributed by atoms with Crippen LogP contribution in [-0.2, 0) is 4.74 Å². The number of pyridine rings is 1. The van der Waals surface area contributed by atoms with E-state index in [9.17, 15) is 4.79 Å². The minimum Gasteiger partial charge on any atom is -0.455 e. The highest BCUT2D eigenvalue weighted by Crippen LogP contribution is 2.38. The number of benzene rings is 1. The fourth-order valence-corrected chi connectivity index (χ4v) is 3.57. The number of hydrogen-bond donors (Lipinski definition) is 2. The zero-order valence-electron chi connectivity index (χ0n) is 18.8. The van der Waals surface area contributed by atoms with Crippen LogP contribution in [0.5, 0.6) is 0 Å². The van der Waals surface area contributed by atoms with Crippen molar-refractivity contribution >= 4 is 29.2 Å². The fourth-order valence-electron chi connectivity index (χ4n) is 3.46.